The number of rotatable bonds is 3. The van der Waals surface area contributed by atoms with Crippen LogP contribution in [-0.4, -0.2) is 22.3 Å². The van der Waals surface area contributed by atoms with E-state index in [0.717, 1.165) is 6.20 Å². The van der Waals surface area contributed by atoms with Crippen LogP contribution in [-0.2, 0) is 4.79 Å². The molecule has 0 bridgehead atoms. The van der Waals surface area contributed by atoms with Gasteiger partial charge in [0.25, 0.3) is 0 Å². The molecule has 1 rings (SSSR count). The first-order valence-corrected chi connectivity index (χ1v) is 4.03. The number of halogens is 1. The first-order valence-electron chi connectivity index (χ1n) is 3.66. The fraction of sp³-hybridized carbons (Fsp3) is 0. The largest absolute Gasteiger partial charge is 0.478 e. The summed E-state index contributed by atoms with van der Waals surface area (Å²) < 4.78 is 0. The zero-order valence-corrected chi connectivity index (χ0v) is 7.73. The highest BCUT2D eigenvalue weighted by Gasteiger charge is 2.06. The molecule has 4 nitrogen and oxygen atoms in total. The van der Waals surface area contributed by atoms with Crippen LogP contribution < -0.4 is 0 Å². The predicted octanol–water partition coefficient (Wildman–Crippen LogP) is 1.65. The summed E-state index contributed by atoms with van der Waals surface area (Å²) in [5, 5.41) is 8.81. The quantitative estimate of drug-likeness (QED) is 0.469. The molecule has 5 heteroatoms. The van der Waals surface area contributed by atoms with Gasteiger partial charge in [-0.2, -0.15) is 0 Å². The van der Waals surface area contributed by atoms with Gasteiger partial charge in [-0.05, 0) is 18.2 Å². The molecule has 1 aromatic heterocycles. The summed E-state index contributed by atoms with van der Waals surface area (Å²) in [4.78, 5) is 24.3. The van der Waals surface area contributed by atoms with E-state index in [0.29, 0.717) is 11.8 Å². The highest BCUT2D eigenvalue weighted by Crippen LogP contribution is 2.15. The number of pyridine rings is 1. The minimum Gasteiger partial charge on any atom is -0.478 e. The Kier molecular flexibility index (Phi) is 3.36. The summed E-state index contributed by atoms with van der Waals surface area (Å²) in [6, 6.07) is 1.34. The van der Waals surface area contributed by atoms with E-state index < -0.39 is 5.97 Å². The second-order valence-electron chi connectivity index (χ2n) is 2.40. The van der Waals surface area contributed by atoms with Gasteiger partial charge in [-0.15, -0.1) is 0 Å². The number of hydrogen-bond donors (Lipinski definition) is 1. The fourth-order valence-corrected chi connectivity index (χ4v) is 1.01. The molecular weight excluding hydrogens is 206 g/mol. The van der Waals surface area contributed by atoms with Crippen molar-refractivity contribution in [3.63, 3.8) is 0 Å². The molecular formula is C9H6ClNO3. The molecule has 1 N–H and O–H groups in total. The Balaban J connectivity index is 3.14. The molecule has 14 heavy (non-hydrogen) atoms. The Bertz CT molecular complexity index is 401. The van der Waals surface area contributed by atoms with Crippen LogP contribution in [0.1, 0.15) is 15.9 Å². The van der Waals surface area contributed by atoms with Gasteiger partial charge in [0.05, 0.1) is 5.56 Å². The number of carboxylic acids is 1. The van der Waals surface area contributed by atoms with E-state index in [4.69, 9.17) is 16.7 Å². The lowest BCUT2D eigenvalue weighted by atomic mass is 10.2. The Labute approximate surface area is 84.8 Å². The predicted molar refractivity (Wildman–Crippen MR) is 51.3 cm³/mol. The van der Waals surface area contributed by atoms with Gasteiger partial charge in [-0.25, -0.2) is 9.78 Å². The smallest absolute Gasteiger partial charge is 0.337 e. The number of allylic oxidation sites excluding steroid dienone is 1. The van der Waals surface area contributed by atoms with Gasteiger partial charge in [-0.1, -0.05) is 11.6 Å². The molecule has 1 heterocycles. The summed E-state index contributed by atoms with van der Waals surface area (Å²) >= 11 is 5.67. The lowest BCUT2D eigenvalue weighted by Gasteiger charge is -1.98. The molecule has 0 aliphatic rings. The van der Waals surface area contributed by atoms with Gasteiger partial charge < -0.3 is 5.11 Å². The van der Waals surface area contributed by atoms with Gasteiger partial charge in [-0.3, -0.25) is 4.79 Å². The topological polar surface area (TPSA) is 67.3 Å². The monoisotopic (exact) mass is 211 g/mol. The Morgan fingerprint density at radius 2 is 2.29 bits per heavy atom. The van der Waals surface area contributed by atoms with Gasteiger partial charge in [0, 0.05) is 11.8 Å². The first kappa shape index (κ1) is 10.4. The van der Waals surface area contributed by atoms with Crippen LogP contribution in [0.25, 0.3) is 6.08 Å². The maximum Gasteiger partial charge on any atom is 0.337 e. The molecule has 0 radical (unpaired) electrons. The number of hydrogen-bond acceptors (Lipinski definition) is 3. The van der Waals surface area contributed by atoms with Crippen molar-refractivity contribution in [2.24, 2.45) is 0 Å². The lowest BCUT2D eigenvalue weighted by Crippen LogP contribution is -1.98. The molecule has 1 aromatic rings. The minimum absolute atomic E-state index is 0.0277. The summed E-state index contributed by atoms with van der Waals surface area (Å²) in [6.07, 6.45) is 4.34. The van der Waals surface area contributed by atoms with E-state index in [2.05, 4.69) is 4.98 Å². The second-order valence-corrected chi connectivity index (χ2v) is 2.76. The highest BCUT2D eigenvalue weighted by atomic mass is 35.5. The normalized spacial score (nSPS) is 10.4. The van der Waals surface area contributed by atoms with E-state index >= 15 is 0 Å². The van der Waals surface area contributed by atoms with Crippen LogP contribution in [0.4, 0.5) is 0 Å². The van der Waals surface area contributed by atoms with Crippen molar-refractivity contribution in [3.05, 3.63) is 34.6 Å². The van der Waals surface area contributed by atoms with Crippen LogP contribution in [0, 0.1) is 0 Å². The van der Waals surface area contributed by atoms with E-state index in [-0.39, 0.29) is 10.7 Å². The van der Waals surface area contributed by atoms with Gasteiger partial charge in [0.15, 0.2) is 0 Å². The number of aldehydes is 1. The van der Waals surface area contributed by atoms with Crippen LogP contribution in [0.3, 0.4) is 0 Å². The fourth-order valence-electron chi connectivity index (χ4n) is 0.842. The van der Waals surface area contributed by atoms with Crippen molar-refractivity contribution >= 4 is 29.9 Å². The summed E-state index contributed by atoms with van der Waals surface area (Å²) in [7, 11) is 0. The van der Waals surface area contributed by atoms with Crippen LogP contribution in [0.5, 0.6) is 0 Å². The number of carboxylic acid groups (broad SMARTS) is 1. The SMILES string of the molecule is O=CC=Cc1cc(C(=O)O)cnc1Cl. The molecule has 0 amide bonds. The minimum atomic E-state index is -1.09. The van der Waals surface area contributed by atoms with E-state index in [1.54, 1.807) is 0 Å². The van der Waals surface area contributed by atoms with Crippen LogP contribution >= 0.6 is 11.6 Å². The van der Waals surface area contributed by atoms with Crippen molar-refractivity contribution in [1.82, 2.24) is 4.98 Å². The van der Waals surface area contributed by atoms with Crippen molar-refractivity contribution in [2.45, 2.75) is 0 Å². The van der Waals surface area contributed by atoms with E-state index in [1.807, 2.05) is 0 Å². The van der Waals surface area contributed by atoms with E-state index in [9.17, 15) is 9.59 Å². The summed E-state index contributed by atoms with van der Waals surface area (Å²) in [6.45, 7) is 0. The third kappa shape index (κ3) is 2.40. The average molecular weight is 212 g/mol. The summed E-state index contributed by atoms with van der Waals surface area (Å²) in [5.74, 6) is -1.09. The molecule has 0 fully saturated rings. The molecule has 0 aliphatic carbocycles. The number of carbonyl (C=O) groups is 2. The maximum atomic E-state index is 10.6. The molecule has 0 spiro atoms. The second kappa shape index (κ2) is 4.53. The van der Waals surface area contributed by atoms with Gasteiger partial charge in [0.2, 0.25) is 0 Å². The van der Waals surface area contributed by atoms with Gasteiger partial charge in [0.1, 0.15) is 11.4 Å². The average Bonchev–Trinajstić information content (AvgIpc) is 2.16. The molecule has 0 saturated carbocycles. The Morgan fingerprint density at radius 1 is 1.57 bits per heavy atom. The lowest BCUT2D eigenvalue weighted by molar-refractivity contribution is -0.104. The van der Waals surface area contributed by atoms with E-state index in [1.165, 1.54) is 18.2 Å². The van der Waals surface area contributed by atoms with Gasteiger partial charge >= 0.3 is 5.97 Å². The van der Waals surface area contributed by atoms with Crippen molar-refractivity contribution in [2.75, 3.05) is 0 Å². The number of aromatic carboxylic acids is 1. The molecule has 0 saturated heterocycles. The molecule has 0 aliphatic heterocycles. The van der Waals surface area contributed by atoms with Crippen LogP contribution in [0.15, 0.2) is 18.3 Å². The van der Waals surface area contributed by atoms with Crippen molar-refractivity contribution in [3.8, 4) is 0 Å². The number of carbonyl (C=O) groups excluding carboxylic acids is 1. The molecule has 0 atom stereocenters. The zero-order chi connectivity index (χ0) is 10.6. The third-order valence-corrected chi connectivity index (χ3v) is 1.78. The van der Waals surface area contributed by atoms with Crippen molar-refractivity contribution < 1.29 is 14.7 Å². The first-order chi connectivity index (χ1) is 6.65. The third-order valence-electron chi connectivity index (χ3n) is 1.47. The number of aromatic nitrogens is 1. The zero-order valence-electron chi connectivity index (χ0n) is 6.98. The molecule has 72 valence electrons. The number of nitrogens with zero attached hydrogens (tertiary/aromatic N) is 1. The van der Waals surface area contributed by atoms with Crippen LogP contribution in [0.2, 0.25) is 5.15 Å². The Morgan fingerprint density at radius 3 is 2.86 bits per heavy atom. The molecule has 0 aromatic carbocycles. The van der Waals surface area contributed by atoms with Crippen molar-refractivity contribution in [1.29, 1.82) is 0 Å². The standard InChI is InChI=1S/C9H6ClNO3/c10-8-6(2-1-3-12)4-7(5-11-8)9(13)14/h1-5H,(H,13,14). The maximum absolute atomic E-state index is 10.6. The summed E-state index contributed by atoms with van der Waals surface area (Å²) in [5.41, 5.74) is 0.429. The Hall–Kier alpha value is -1.68. The highest BCUT2D eigenvalue weighted by molar-refractivity contribution is 6.31. The molecule has 0 unspecified atom stereocenters.